The minimum atomic E-state index is -0.629. The molecule has 8 heteroatoms. The molecule has 0 aliphatic carbocycles. The second kappa shape index (κ2) is 7.03. The summed E-state index contributed by atoms with van der Waals surface area (Å²) < 4.78 is 1.13. The molecule has 0 bridgehead atoms. The maximum atomic E-state index is 12.5. The van der Waals surface area contributed by atoms with Gasteiger partial charge in [-0.15, -0.1) is 0 Å². The van der Waals surface area contributed by atoms with Crippen molar-refractivity contribution >= 4 is 17.3 Å². The number of H-pyrrole nitrogens is 1. The molecule has 2 heterocycles. The maximum Gasteiger partial charge on any atom is 0.276 e. The summed E-state index contributed by atoms with van der Waals surface area (Å²) in [4.78, 5) is 41.3. The SMILES string of the molecule is CCc1c(C(=O)NCC(=O)c2ccccc2)nc2c(C#N)c[nH]n2c1=O. The highest BCUT2D eigenvalue weighted by atomic mass is 16.2. The highest BCUT2D eigenvalue weighted by Gasteiger charge is 2.20. The van der Waals surface area contributed by atoms with Crippen molar-refractivity contribution in [1.29, 1.82) is 5.26 Å². The number of nitrogens with one attached hydrogen (secondary N) is 2. The number of nitrogens with zero attached hydrogens (tertiary/aromatic N) is 3. The standard InChI is InChI=1S/C18H15N5O3/c1-2-13-15(22-16-12(8-19)9-21-23(16)18(13)26)17(25)20-10-14(24)11-6-4-3-5-7-11/h3-7,9,21H,2,10H2,1H3,(H,20,25). The van der Waals surface area contributed by atoms with Gasteiger partial charge in [0.2, 0.25) is 0 Å². The highest BCUT2D eigenvalue weighted by molar-refractivity contribution is 6.02. The number of Topliss-reactive ketones (excluding diaryl/α,β-unsaturated/α-hetero) is 1. The summed E-state index contributed by atoms with van der Waals surface area (Å²) in [5, 5.41) is 14.3. The van der Waals surface area contributed by atoms with Crippen molar-refractivity contribution < 1.29 is 9.59 Å². The first-order chi connectivity index (χ1) is 12.6. The Hall–Kier alpha value is -3.73. The van der Waals surface area contributed by atoms with Gasteiger partial charge in [0, 0.05) is 11.8 Å². The van der Waals surface area contributed by atoms with Gasteiger partial charge < -0.3 is 5.32 Å². The predicted octanol–water partition coefficient (Wildman–Crippen LogP) is 1.07. The van der Waals surface area contributed by atoms with Gasteiger partial charge in [0.1, 0.15) is 17.3 Å². The van der Waals surface area contributed by atoms with Gasteiger partial charge in [-0.2, -0.15) is 5.26 Å². The number of aromatic nitrogens is 3. The van der Waals surface area contributed by atoms with E-state index in [4.69, 9.17) is 5.26 Å². The van der Waals surface area contributed by atoms with E-state index in [9.17, 15) is 14.4 Å². The molecule has 0 aliphatic rings. The minimum absolute atomic E-state index is 0.0746. The highest BCUT2D eigenvalue weighted by Crippen LogP contribution is 2.09. The number of amides is 1. The molecule has 2 N–H and O–H groups in total. The number of fused-ring (bicyclic) bond motifs is 1. The van der Waals surface area contributed by atoms with E-state index in [-0.39, 0.29) is 41.2 Å². The van der Waals surface area contributed by atoms with Gasteiger partial charge in [0.15, 0.2) is 11.4 Å². The van der Waals surface area contributed by atoms with E-state index < -0.39 is 11.5 Å². The first-order valence-corrected chi connectivity index (χ1v) is 7.96. The zero-order chi connectivity index (χ0) is 18.7. The third kappa shape index (κ3) is 2.98. The van der Waals surface area contributed by atoms with Crippen molar-refractivity contribution in [1.82, 2.24) is 19.9 Å². The topological polar surface area (TPSA) is 120 Å². The minimum Gasteiger partial charge on any atom is -0.343 e. The average Bonchev–Trinajstić information content (AvgIpc) is 3.09. The lowest BCUT2D eigenvalue weighted by atomic mass is 10.1. The Kier molecular flexibility index (Phi) is 4.62. The monoisotopic (exact) mass is 349 g/mol. The fourth-order valence-corrected chi connectivity index (χ4v) is 2.61. The number of rotatable bonds is 5. The molecule has 1 amide bonds. The Morgan fingerprint density at radius 2 is 2.04 bits per heavy atom. The van der Waals surface area contributed by atoms with Crippen LogP contribution in [0.3, 0.4) is 0 Å². The van der Waals surface area contributed by atoms with Crippen LogP contribution in [0.15, 0.2) is 41.3 Å². The van der Waals surface area contributed by atoms with Crippen LogP contribution in [0.2, 0.25) is 0 Å². The zero-order valence-corrected chi connectivity index (χ0v) is 13.9. The Bertz CT molecular complexity index is 1090. The first-order valence-electron chi connectivity index (χ1n) is 7.96. The number of nitriles is 1. The lowest BCUT2D eigenvalue weighted by Crippen LogP contribution is -2.34. The second-order valence-electron chi connectivity index (χ2n) is 5.53. The van der Waals surface area contributed by atoms with E-state index in [1.807, 2.05) is 6.07 Å². The fraction of sp³-hybridized carbons (Fsp3) is 0.167. The smallest absolute Gasteiger partial charge is 0.276 e. The molecule has 26 heavy (non-hydrogen) atoms. The van der Waals surface area contributed by atoms with Gasteiger partial charge in [-0.1, -0.05) is 37.3 Å². The third-order valence-electron chi connectivity index (χ3n) is 3.95. The van der Waals surface area contributed by atoms with Crippen LogP contribution in [0.1, 0.15) is 38.9 Å². The predicted molar refractivity (Wildman–Crippen MR) is 93.0 cm³/mol. The second-order valence-corrected chi connectivity index (χ2v) is 5.53. The Morgan fingerprint density at radius 1 is 1.31 bits per heavy atom. The van der Waals surface area contributed by atoms with Gasteiger partial charge in [0.25, 0.3) is 11.5 Å². The van der Waals surface area contributed by atoms with Crippen LogP contribution in [0.5, 0.6) is 0 Å². The van der Waals surface area contributed by atoms with Crippen molar-refractivity contribution in [3.8, 4) is 6.07 Å². The summed E-state index contributed by atoms with van der Waals surface area (Å²) in [7, 11) is 0. The molecule has 1 aromatic carbocycles. The molecule has 0 fully saturated rings. The lowest BCUT2D eigenvalue weighted by molar-refractivity contribution is 0.0900. The van der Waals surface area contributed by atoms with Crippen LogP contribution in [-0.2, 0) is 6.42 Å². The van der Waals surface area contributed by atoms with Gasteiger partial charge in [-0.25, -0.2) is 9.50 Å². The molecular formula is C18H15N5O3. The molecule has 3 aromatic rings. The number of carbonyl (C=O) groups is 2. The molecule has 0 saturated heterocycles. The summed E-state index contributed by atoms with van der Waals surface area (Å²) >= 11 is 0. The van der Waals surface area contributed by atoms with Crippen LogP contribution in [-0.4, -0.2) is 32.8 Å². The number of ketones is 1. The maximum absolute atomic E-state index is 12.5. The van der Waals surface area contributed by atoms with E-state index in [0.717, 1.165) is 4.52 Å². The molecular weight excluding hydrogens is 334 g/mol. The van der Waals surface area contributed by atoms with Crippen LogP contribution in [0.4, 0.5) is 0 Å². The first kappa shape index (κ1) is 17.1. The third-order valence-corrected chi connectivity index (χ3v) is 3.95. The quantitative estimate of drug-likeness (QED) is 0.668. The molecule has 0 saturated carbocycles. The van der Waals surface area contributed by atoms with Crippen LogP contribution < -0.4 is 10.9 Å². The van der Waals surface area contributed by atoms with E-state index in [1.165, 1.54) is 6.20 Å². The molecule has 2 aromatic heterocycles. The normalized spacial score (nSPS) is 10.5. The van der Waals surface area contributed by atoms with Crippen molar-refractivity contribution in [3.63, 3.8) is 0 Å². The summed E-state index contributed by atoms with van der Waals surface area (Å²) in [6.07, 6.45) is 1.63. The van der Waals surface area contributed by atoms with Crippen LogP contribution in [0.25, 0.3) is 5.65 Å². The molecule has 3 rings (SSSR count). The van der Waals surface area contributed by atoms with Gasteiger partial charge in [-0.05, 0) is 6.42 Å². The van der Waals surface area contributed by atoms with E-state index in [0.29, 0.717) is 5.56 Å². The van der Waals surface area contributed by atoms with Crippen molar-refractivity contribution in [3.05, 3.63) is 69.3 Å². The largest absolute Gasteiger partial charge is 0.343 e. The van der Waals surface area contributed by atoms with Gasteiger partial charge in [0.05, 0.1) is 12.1 Å². The Morgan fingerprint density at radius 3 is 2.69 bits per heavy atom. The molecule has 0 atom stereocenters. The summed E-state index contributed by atoms with van der Waals surface area (Å²) in [6.45, 7) is 1.51. The van der Waals surface area contributed by atoms with Crippen molar-refractivity contribution in [2.75, 3.05) is 6.54 Å². The molecule has 8 nitrogen and oxygen atoms in total. The molecule has 0 aliphatic heterocycles. The number of benzene rings is 1. The van der Waals surface area contributed by atoms with Crippen LogP contribution >= 0.6 is 0 Å². The number of aromatic amines is 1. The number of hydrogen-bond donors (Lipinski definition) is 2. The van der Waals surface area contributed by atoms with E-state index in [2.05, 4.69) is 15.4 Å². The Balaban J connectivity index is 1.91. The summed E-state index contributed by atoms with van der Waals surface area (Å²) in [6, 6.07) is 10.5. The van der Waals surface area contributed by atoms with Crippen molar-refractivity contribution in [2.45, 2.75) is 13.3 Å². The van der Waals surface area contributed by atoms with Gasteiger partial charge >= 0.3 is 0 Å². The van der Waals surface area contributed by atoms with Crippen molar-refractivity contribution in [2.24, 2.45) is 0 Å². The van der Waals surface area contributed by atoms with E-state index in [1.54, 1.807) is 37.3 Å². The molecule has 0 radical (unpaired) electrons. The van der Waals surface area contributed by atoms with Gasteiger partial charge in [-0.3, -0.25) is 19.5 Å². The average molecular weight is 349 g/mol. The lowest BCUT2D eigenvalue weighted by Gasteiger charge is -2.08. The van der Waals surface area contributed by atoms with E-state index >= 15 is 0 Å². The molecule has 0 spiro atoms. The zero-order valence-electron chi connectivity index (χ0n) is 13.9. The fourth-order valence-electron chi connectivity index (χ4n) is 2.61. The molecule has 130 valence electrons. The molecule has 0 unspecified atom stereocenters. The Labute approximate surface area is 148 Å². The number of hydrogen-bond acceptors (Lipinski definition) is 5. The summed E-state index contributed by atoms with van der Waals surface area (Å²) in [5.74, 6) is -0.884. The number of carbonyl (C=O) groups excluding carboxylic acids is 2. The van der Waals surface area contributed by atoms with Crippen LogP contribution in [0, 0.1) is 11.3 Å². The summed E-state index contributed by atoms with van der Waals surface area (Å²) in [5.41, 5.74) is 0.393.